The van der Waals surface area contributed by atoms with E-state index in [0.29, 0.717) is 0 Å². The molecule has 0 unspecified atom stereocenters. The van der Waals surface area contributed by atoms with Crippen LogP contribution in [0.4, 0.5) is 13.2 Å². The number of pyridine rings is 1. The Morgan fingerprint density at radius 2 is 2.12 bits per heavy atom. The maximum atomic E-state index is 12.8. The average molecular weight is 249 g/mol. The Balaban J connectivity index is 3.35. The lowest BCUT2D eigenvalue weighted by atomic mass is 10.1. The molecule has 4 nitrogen and oxygen atoms in total. The molecule has 7 heteroatoms. The Hall–Kier alpha value is -1.79. The van der Waals surface area contributed by atoms with Crippen molar-refractivity contribution in [2.75, 3.05) is 13.7 Å². The molecule has 0 radical (unpaired) electrons. The first-order chi connectivity index (χ1) is 7.91. The molecule has 0 atom stereocenters. The number of hydrogen-bond acceptors (Lipinski definition) is 4. The molecule has 0 saturated carbocycles. The van der Waals surface area contributed by atoms with Crippen LogP contribution in [0.5, 0.6) is 5.88 Å². The standard InChI is InChI=1S/C10H10F3NO3/c1-3-17-9(15)6-4-5-14-8(16-2)7(6)10(11,12)13/h4-5H,3H2,1-2H3. The van der Waals surface area contributed by atoms with Gasteiger partial charge in [-0.1, -0.05) is 0 Å². The van der Waals surface area contributed by atoms with E-state index in [0.717, 1.165) is 19.4 Å². The first-order valence-corrected chi connectivity index (χ1v) is 4.69. The highest BCUT2D eigenvalue weighted by Crippen LogP contribution is 2.37. The Bertz CT molecular complexity index is 418. The van der Waals surface area contributed by atoms with Gasteiger partial charge in [-0.2, -0.15) is 13.2 Å². The summed E-state index contributed by atoms with van der Waals surface area (Å²) < 4.78 is 47.3. The molecule has 0 aliphatic carbocycles. The SMILES string of the molecule is CCOC(=O)c1ccnc(OC)c1C(F)(F)F. The molecule has 0 bridgehead atoms. The number of hydrogen-bond donors (Lipinski definition) is 0. The van der Waals surface area contributed by atoms with Crippen molar-refractivity contribution in [2.24, 2.45) is 0 Å². The lowest BCUT2D eigenvalue weighted by Crippen LogP contribution is -2.17. The van der Waals surface area contributed by atoms with E-state index in [-0.39, 0.29) is 6.61 Å². The Labute approximate surface area is 95.4 Å². The number of halogens is 3. The molecule has 0 amide bonds. The number of nitrogens with zero attached hydrogens (tertiary/aromatic N) is 1. The maximum absolute atomic E-state index is 12.8. The quantitative estimate of drug-likeness (QED) is 0.771. The summed E-state index contributed by atoms with van der Waals surface area (Å²) in [6.07, 6.45) is -3.68. The lowest BCUT2D eigenvalue weighted by Gasteiger charge is -2.14. The number of methoxy groups -OCH3 is 1. The molecule has 0 aromatic carbocycles. The van der Waals surface area contributed by atoms with Gasteiger partial charge in [0, 0.05) is 6.20 Å². The molecule has 1 aromatic heterocycles. The summed E-state index contributed by atoms with van der Waals surface area (Å²) in [4.78, 5) is 14.8. The molecule has 17 heavy (non-hydrogen) atoms. The van der Waals surface area contributed by atoms with E-state index < -0.39 is 29.2 Å². The fourth-order valence-electron chi connectivity index (χ4n) is 1.25. The Morgan fingerprint density at radius 1 is 1.47 bits per heavy atom. The monoisotopic (exact) mass is 249 g/mol. The molecule has 0 aliphatic rings. The van der Waals surface area contributed by atoms with Gasteiger partial charge >= 0.3 is 12.1 Å². The minimum atomic E-state index is -4.73. The molecule has 0 saturated heterocycles. The van der Waals surface area contributed by atoms with Crippen molar-refractivity contribution >= 4 is 5.97 Å². The molecule has 0 aliphatic heterocycles. The van der Waals surface area contributed by atoms with Crippen LogP contribution in [0, 0.1) is 0 Å². The third kappa shape index (κ3) is 2.86. The summed E-state index contributed by atoms with van der Waals surface area (Å²) in [5, 5.41) is 0. The zero-order chi connectivity index (χ0) is 13.1. The van der Waals surface area contributed by atoms with E-state index in [2.05, 4.69) is 14.5 Å². The van der Waals surface area contributed by atoms with Crippen molar-refractivity contribution in [1.29, 1.82) is 0 Å². The van der Waals surface area contributed by atoms with Crippen LogP contribution in [0.15, 0.2) is 12.3 Å². The molecule has 0 spiro atoms. The first kappa shape index (κ1) is 13.3. The van der Waals surface area contributed by atoms with Gasteiger partial charge in [-0.05, 0) is 13.0 Å². The molecule has 0 N–H and O–H groups in total. The topological polar surface area (TPSA) is 48.4 Å². The van der Waals surface area contributed by atoms with Crippen LogP contribution in [0.1, 0.15) is 22.8 Å². The van der Waals surface area contributed by atoms with Crippen LogP contribution in [-0.2, 0) is 10.9 Å². The van der Waals surface area contributed by atoms with Gasteiger partial charge in [-0.25, -0.2) is 9.78 Å². The van der Waals surface area contributed by atoms with Crippen molar-refractivity contribution in [3.05, 3.63) is 23.4 Å². The fourth-order valence-corrected chi connectivity index (χ4v) is 1.25. The van der Waals surface area contributed by atoms with Crippen LogP contribution < -0.4 is 4.74 Å². The zero-order valence-corrected chi connectivity index (χ0v) is 9.17. The molecule has 1 heterocycles. The van der Waals surface area contributed by atoms with E-state index in [1.807, 2.05) is 0 Å². The van der Waals surface area contributed by atoms with Crippen LogP contribution in [-0.4, -0.2) is 24.7 Å². The van der Waals surface area contributed by atoms with E-state index in [1.54, 1.807) is 0 Å². The fraction of sp³-hybridized carbons (Fsp3) is 0.400. The highest BCUT2D eigenvalue weighted by molar-refractivity contribution is 5.91. The summed E-state index contributed by atoms with van der Waals surface area (Å²) in [7, 11) is 1.05. The minimum Gasteiger partial charge on any atom is -0.481 e. The predicted molar refractivity (Wildman–Crippen MR) is 51.7 cm³/mol. The van der Waals surface area contributed by atoms with Crippen molar-refractivity contribution < 1.29 is 27.4 Å². The molecule has 0 fully saturated rings. The van der Waals surface area contributed by atoms with Gasteiger partial charge in [0.2, 0.25) is 5.88 Å². The summed E-state index contributed by atoms with van der Waals surface area (Å²) in [6, 6.07) is 0.948. The van der Waals surface area contributed by atoms with E-state index in [4.69, 9.17) is 0 Å². The summed E-state index contributed by atoms with van der Waals surface area (Å²) in [6.45, 7) is 1.49. The predicted octanol–water partition coefficient (Wildman–Crippen LogP) is 2.29. The second kappa shape index (κ2) is 5.03. The second-order valence-corrected chi connectivity index (χ2v) is 2.96. The minimum absolute atomic E-state index is 0.0131. The van der Waals surface area contributed by atoms with Crippen molar-refractivity contribution in [3.63, 3.8) is 0 Å². The average Bonchev–Trinajstić information content (AvgIpc) is 2.27. The first-order valence-electron chi connectivity index (χ1n) is 4.69. The Morgan fingerprint density at radius 3 is 2.59 bits per heavy atom. The van der Waals surface area contributed by atoms with Crippen LogP contribution >= 0.6 is 0 Å². The molecule has 94 valence electrons. The molecular formula is C10H10F3NO3. The van der Waals surface area contributed by atoms with E-state index in [9.17, 15) is 18.0 Å². The number of carbonyl (C=O) groups excluding carboxylic acids is 1. The molecule has 1 rings (SSSR count). The highest BCUT2D eigenvalue weighted by Gasteiger charge is 2.40. The second-order valence-electron chi connectivity index (χ2n) is 2.96. The van der Waals surface area contributed by atoms with E-state index in [1.165, 1.54) is 6.92 Å². The number of alkyl halides is 3. The normalized spacial score (nSPS) is 11.1. The summed E-state index contributed by atoms with van der Waals surface area (Å²) in [5.74, 6) is -1.71. The van der Waals surface area contributed by atoms with E-state index >= 15 is 0 Å². The van der Waals surface area contributed by atoms with Gasteiger partial charge in [0.05, 0.1) is 19.3 Å². The number of carbonyl (C=O) groups is 1. The number of esters is 1. The zero-order valence-electron chi connectivity index (χ0n) is 9.17. The van der Waals surface area contributed by atoms with Gasteiger partial charge in [-0.3, -0.25) is 0 Å². The lowest BCUT2D eigenvalue weighted by molar-refractivity contribution is -0.139. The highest BCUT2D eigenvalue weighted by atomic mass is 19.4. The van der Waals surface area contributed by atoms with Crippen LogP contribution in [0.2, 0.25) is 0 Å². The van der Waals surface area contributed by atoms with Crippen LogP contribution in [0.25, 0.3) is 0 Å². The summed E-state index contributed by atoms with van der Waals surface area (Å²) in [5.41, 5.74) is -1.83. The van der Waals surface area contributed by atoms with Crippen molar-refractivity contribution in [2.45, 2.75) is 13.1 Å². The van der Waals surface area contributed by atoms with Gasteiger partial charge in [0.25, 0.3) is 0 Å². The smallest absolute Gasteiger partial charge is 0.422 e. The third-order valence-electron chi connectivity index (χ3n) is 1.89. The largest absolute Gasteiger partial charge is 0.481 e. The number of aromatic nitrogens is 1. The van der Waals surface area contributed by atoms with Crippen molar-refractivity contribution in [3.8, 4) is 5.88 Å². The summed E-state index contributed by atoms with van der Waals surface area (Å²) >= 11 is 0. The molecule has 1 aromatic rings. The van der Waals surface area contributed by atoms with Crippen LogP contribution in [0.3, 0.4) is 0 Å². The van der Waals surface area contributed by atoms with Gasteiger partial charge < -0.3 is 9.47 Å². The maximum Gasteiger partial charge on any atom is 0.422 e. The van der Waals surface area contributed by atoms with Gasteiger partial charge in [0.15, 0.2) is 0 Å². The van der Waals surface area contributed by atoms with Gasteiger partial charge in [-0.15, -0.1) is 0 Å². The molecular weight excluding hydrogens is 239 g/mol. The number of rotatable bonds is 3. The van der Waals surface area contributed by atoms with Gasteiger partial charge in [0.1, 0.15) is 5.56 Å². The Kier molecular flexibility index (Phi) is 3.93. The third-order valence-corrected chi connectivity index (χ3v) is 1.89. The van der Waals surface area contributed by atoms with Crippen molar-refractivity contribution in [1.82, 2.24) is 4.98 Å². The number of ether oxygens (including phenoxy) is 2.